The van der Waals surface area contributed by atoms with Crippen LogP contribution in [0.2, 0.25) is 0 Å². The van der Waals surface area contributed by atoms with Gasteiger partial charge in [-0.1, -0.05) is 0 Å². The number of hydrogen-bond acceptors (Lipinski definition) is 1. The van der Waals surface area contributed by atoms with Crippen LogP contribution in [0, 0.1) is 7.05 Å². The molecule has 0 aromatic carbocycles. The minimum atomic E-state index is 0.714. The van der Waals surface area contributed by atoms with Crippen LogP contribution in [0.5, 0.6) is 0 Å². The first kappa shape index (κ1) is 7.03. The highest BCUT2D eigenvalue weighted by molar-refractivity contribution is 4.64. The van der Waals surface area contributed by atoms with E-state index < -0.39 is 0 Å². The van der Waals surface area contributed by atoms with Gasteiger partial charge in [-0.3, -0.25) is 4.90 Å². The van der Waals surface area contributed by atoms with E-state index in [4.69, 9.17) is 0 Å². The van der Waals surface area contributed by atoms with Gasteiger partial charge in [0.05, 0.1) is 19.1 Å². The van der Waals surface area contributed by atoms with E-state index in [2.05, 4.69) is 25.9 Å². The largest absolute Gasteiger partial charge is 0.465 e. The van der Waals surface area contributed by atoms with E-state index in [1.807, 2.05) is 0 Å². The molecule has 0 radical (unpaired) electrons. The zero-order valence-electron chi connectivity index (χ0n) is 6.35. The van der Waals surface area contributed by atoms with Crippen LogP contribution in [0.25, 0.3) is 0 Å². The van der Waals surface area contributed by atoms with Gasteiger partial charge in [-0.25, -0.2) is 0 Å². The molecule has 2 atom stereocenters. The van der Waals surface area contributed by atoms with Gasteiger partial charge in [0.25, 0.3) is 0 Å². The highest BCUT2D eigenvalue weighted by Crippen LogP contribution is 1.93. The van der Waals surface area contributed by atoms with E-state index >= 15 is 0 Å². The number of likely N-dealkylation sites (N-methyl/N-ethyl adjacent to an activating group) is 1. The third-order valence-electron chi connectivity index (χ3n) is 2.15. The maximum Gasteiger partial charge on any atom is 0.0686 e. The first-order chi connectivity index (χ1) is 4.20. The molecule has 1 saturated heterocycles. The van der Waals surface area contributed by atoms with Gasteiger partial charge in [0.2, 0.25) is 0 Å². The quantitative estimate of drug-likeness (QED) is 0.411. The topological polar surface area (TPSA) is 7.68 Å². The molecule has 1 aliphatic rings. The molecule has 1 unspecified atom stereocenters. The van der Waals surface area contributed by atoms with Crippen molar-refractivity contribution in [1.82, 2.24) is 4.90 Å². The molecular formula is C7H16N2. The number of hydrogen-bond donors (Lipinski definition) is 1. The van der Waals surface area contributed by atoms with Crippen LogP contribution in [-0.2, 0) is 0 Å². The predicted octanol–water partition coefficient (Wildman–Crippen LogP) is -1.00. The SMILES string of the molecule is [CH2-][NH+]1CCN(C)[C@@H](C)C1. The van der Waals surface area contributed by atoms with Gasteiger partial charge in [0.15, 0.2) is 0 Å². The maximum absolute atomic E-state index is 3.97. The lowest BCUT2D eigenvalue weighted by Crippen LogP contribution is -3.10. The molecule has 2 nitrogen and oxygen atoms in total. The molecule has 1 heterocycles. The van der Waals surface area contributed by atoms with Gasteiger partial charge in [-0.2, -0.15) is 7.05 Å². The van der Waals surface area contributed by atoms with Crippen molar-refractivity contribution in [2.75, 3.05) is 26.7 Å². The summed E-state index contributed by atoms with van der Waals surface area (Å²) in [7, 11) is 6.15. The van der Waals surface area contributed by atoms with E-state index in [-0.39, 0.29) is 0 Å². The van der Waals surface area contributed by atoms with Gasteiger partial charge in [-0.05, 0) is 14.0 Å². The Balaban J connectivity index is 2.35. The van der Waals surface area contributed by atoms with Crippen molar-refractivity contribution in [2.45, 2.75) is 13.0 Å². The lowest BCUT2D eigenvalue weighted by atomic mass is 10.2. The highest BCUT2D eigenvalue weighted by Gasteiger charge is 2.17. The van der Waals surface area contributed by atoms with E-state index in [1.165, 1.54) is 24.5 Å². The van der Waals surface area contributed by atoms with Crippen molar-refractivity contribution < 1.29 is 4.90 Å². The Bertz CT molecular complexity index is 92.9. The highest BCUT2D eigenvalue weighted by atomic mass is 15.3. The Morgan fingerprint density at radius 1 is 1.67 bits per heavy atom. The lowest BCUT2D eigenvalue weighted by molar-refractivity contribution is -0.862. The van der Waals surface area contributed by atoms with Gasteiger partial charge < -0.3 is 4.90 Å². The molecule has 0 amide bonds. The Morgan fingerprint density at radius 2 is 2.33 bits per heavy atom. The second kappa shape index (κ2) is 2.67. The monoisotopic (exact) mass is 128 g/mol. The third-order valence-corrected chi connectivity index (χ3v) is 2.15. The summed E-state index contributed by atoms with van der Waals surface area (Å²) in [5.74, 6) is 0. The van der Waals surface area contributed by atoms with Crippen LogP contribution in [0.4, 0.5) is 0 Å². The number of quaternary nitrogens is 1. The summed E-state index contributed by atoms with van der Waals surface area (Å²) in [5.41, 5.74) is 0. The molecule has 2 heteroatoms. The van der Waals surface area contributed by atoms with Crippen LogP contribution >= 0.6 is 0 Å². The van der Waals surface area contributed by atoms with Crippen LogP contribution in [0.3, 0.4) is 0 Å². The second-order valence-electron chi connectivity index (χ2n) is 3.03. The van der Waals surface area contributed by atoms with Crippen molar-refractivity contribution in [3.05, 3.63) is 7.05 Å². The maximum atomic E-state index is 3.97. The summed E-state index contributed by atoms with van der Waals surface area (Å²) in [6.45, 7) is 5.84. The van der Waals surface area contributed by atoms with E-state index in [1.54, 1.807) is 0 Å². The molecule has 1 rings (SSSR count). The van der Waals surface area contributed by atoms with Crippen molar-refractivity contribution in [3.63, 3.8) is 0 Å². The van der Waals surface area contributed by atoms with Gasteiger partial charge >= 0.3 is 0 Å². The summed E-state index contributed by atoms with van der Waals surface area (Å²) < 4.78 is 0. The van der Waals surface area contributed by atoms with Crippen molar-refractivity contribution in [1.29, 1.82) is 0 Å². The normalized spacial score (nSPS) is 39.0. The smallest absolute Gasteiger partial charge is 0.0686 e. The average Bonchev–Trinajstić information content (AvgIpc) is 1.80. The van der Waals surface area contributed by atoms with Crippen molar-refractivity contribution >= 4 is 0 Å². The molecule has 9 heavy (non-hydrogen) atoms. The Hall–Kier alpha value is -0.0800. The summed E-state index contributed by atoms with van der Waals surface area (Å²) >= 11 is 0. The Kier molecular flexibility index (Phi) is 2.09. The molecular weight excluding hydrogens is 112 g/mol. The van der Waals surface area contributed by atoms with Gasteiger partial charge in [-0.15, -0.1) is 0 Å². The molecule has 0 aromatic heterocycles. The van der Waals surface area contributed by atoms with E-state index in [9.17, 15) is 0 Å². The molecule has 0 aliphatic carbocycles. The fourth-order valence-electron chi connectivity index (χ4n) is 1.23. The second-order valence-corrected chi connectivity index (χ2v) is 3.03. The molecule has 54 valence electrons. The third kappa shape index (κ3) is 1.66. The molecule has 0 spiro atoms. The fourth-order valence-corrected chi connectivity index (χ4v) is 1.23. The first-order valence-corrected chi connectivity index (χ1v) is 3.57. The van der Waals surface area contributed by atoms with Gasteiger partial charge in [0.1, 0.15) is 0 Å². The van der Waals surface area contributed by atoms with Crippen LogP contribution < -0.4 is 4.90 Å². The standard InChI is InChI=1S/C7H16N2/c1-7-6-8(2)4-5-9(7)3/h7-8H,2,4-6H2,1,3H3/t7-/m0/s1. The van der Waals surface area contributed by atoms with Gasteiger partial charge in [0, 0.05) is 6.54 Å². The van der Waals surface area contributed by atoms with Crippen LogP contribution in [-0.4, -0.2) is 37.6 Å². The first-order valence-electron chi connectivity index (χ1n) is 3.57. The van der Waals surface area contributed by atoms with Crippen molar-refractivity contribution in [3.8, 4) is 0 Å². The molecule has 1 aliphatic heterocycles. The number of nitrogens with zero attached hydrogens (tertiary/aromatic N) is 1. The summed E-state index contributed by atoms with van der Waals surface area (Å²) in [6, 6.07) is 0.714. The average molecular weight is 128 g/mol. The molecule has 0 aromatic rings. The minimum Gasteiger partial charge on any atom is -0.465 e. The van der Waals surface area contributed by atoms with Crippen LogP contribution in [0.15, 0.2) is 0 Å². The van der Waals surface area contributed by atoms with E-state index in [0.29, 0.717) is 6.04 Å². The zero-order chi connectivity index (χ0) is 6.85. The van der Waals surface area contributed by atoms with E-state index in [0.717, 1.165) is 0 Å². The predicted molar refractivity (Wildman–Crippen MR) is 38.1 cm³/mol. The minimum absolute atomic E-state index is 0.714. The summed E-state index contributed by atoms with van der Waals surface area (Å²) in [5, 5.41) is 0. The summed E-state index contributed by atoms with van der Waals surface area (Å²) in [6.07, 6.45) is 0. The molecule has 1 N–H and O–H groups in total. The Labute approximate surface area is 57.4 Å². The lowest BCUT2D eigenvalue weighted by Gasteiger charge is -2.36. The van der Waals surface area contributed by atoms with Crippen LogP contribution in [0.1, 0.15) is 6.92 Å². The fraction of sp³-hybridized carbons (Fsp3) is 0.857. The van der Waals surface area contributed by atoms with Crippen molar-refractivity contribution in [2.24, 2.45) is 0 Å². The molecule has 0 saturated carbocycles. The number of piperazine rings is 1. The molecule has 1 fully saturated rings. The number of rotatable bonds is 0. The zero-order valence-corrected chi connectivity index (χ0v) is 6.35. The molecule has 0 bridgehead atoms. The number of nitrogens with one attached hydrogen (secondary N) is 1. The Morgan fingerprint density at radius 3 is 2.78 bits per heavy atom. The summed E-state index contributed by atoms with van der Waals surface area (Å²) in [4.78, 5) is 3.80.